The first-order valence-corrected chi connectivity index (χ1v) is 7.69. The number of urea groups is 1. The van der Waals surface area contributed by atoms with Gasteiger partial charge in [0.05, 0.1) is 12.4 Å². The van der Waals surface area contributed by atoms with Crippen molar-refractivity contribution >= 4 is 24.1 Å². The molecule has 3 rings (SSSR count). The summed E-state index contributed by atoms with van der Waals surface area (Å²) in [7, 11) is 1.42. The van der Waals surface area contributed by atoms with E-state index in [1.54, 1.807) is 11.2 Å². The number of likely N-dealkylation sites (N-methyl/N-ethyl adjacent to an activating group) is 1. The number of rotatable bonds is 4. The normalized spacial score (nSPS) is 31.5. The molecular formula is C14H21N5O3. The van der Waals surface area contributed by atoms with Crippen molar-refractivity contribution in [3.8, 4) is 0 Å². The van der Waals surface area contributed by atoms with Gasteiger partial charge in [-0.1, -0.05) is 0 Å². The maximum absolute atomic E-state index is 12.0. The van der Waals surface area contributed by atoms with Gasteiger partial charge in [-0.25, -0.2) is 4.79 Å². The minimum absolute atomic E-state index is 0.117. The van der Waals surface area contributed by atoms with Crippen LogP contribution in [-0.4, -0.2) is 77.3 Å². The van der Waals surface area contributed by atoms with Gasteiger partial charge in [-0.2, -0.15) is 4.99 Å². The molecule has 0 bridgehead atoms. The molecule has 1 saturated heterocycles. The number of hydrogen-bond acceptors (Lipinski definition) is 6. The van der Waals surface area contributed by atoms with Crippen molar-refractivity contribution in [3.63, 3.8) is 0 Å². The number of nitrogens with zero attached hydrogens (tertiary/aromatic N) is 4. The second-order valence-corrected chi connectivity index (χ2v) is 5.92. The number of fused-ring (bicyclic) bond motifs is 1. The summed E-state index contributed by atoms with van der Waals surface area (Å²) in [4.78, 5) is 34.5. The number of amidine groups is 1. The van der Waals surface area contributed by atoms with Crippen molar-refractivity contribution in [3.05, 3.63) is 0 Å². The van der Waals surface area contributed by atoms with Crippen molar-refractivity contribution < 1.29 is 14.7 Å². The number of nitrogens with one attached hydrogen (secondary N) is 1. The molecule has 1 unspecified atom stereocenters. The molecule has 2 N–H and O–H groups in total. The maximum Gasteiger partial charge on any atom is 0.351 e. The molecule has 0 aromatic carbocycles. The Labute approximate surface area is 128 Å². The Morgan fingerprint density at radius 1 is 1.45 bits per heavy atom. The fraction of sp³-hybridized carbons (Fsp3) is 0.714. The second-order valence-electron chi connectivity index (χ2n) is 5.92. The maximum atomic E-state index is 12.0. The molecule has 1 fully saturated rings. The van der Waals surface area contributed by atoms with Crippen molar-refractivity contribution in [2.24, 2.45) is 9.98 Å². The van der Waals surface area contributed by atoms with E-state index >= 15 is 0 Å². The number of carbonyl (C=O) groups is 2. The Hall–Kier alpha value is -1.80. The lowest BCUT2D eigenvalue weighted by Crippen LogP contribution is -2.49. The Bertz CT molecular complexity index is 533. The monoisotopic (exact) mass is 307 g/mol. The van der Waals surface area contributed by atoms with Crippen LogP contribution in [0, 0.1) is 0 Å². The fourth-order valence-electron chi connectivity index (χ4n) is 3.06. The number of aliphatic imine (C=N–C) groups is 2. The van der Waals surface area contributed by atoms with Gasteiger partial charge in [0.25, 0.3) is 5.91 Å². The van der Waals surface area contributed by atoms with E-state index in [9.17, 15) is 14.7 Å². The van der Waals surface area contributed by atoms with Crippen LogP contribution in [0.1, 0.15) is 25.7 Å². The standard InChI is InChI=1S/C14H21N5O3/c1-18-13(21)11-12(17-14(18)22)19(8-16-11)7-3-4-9-10(20)5-2-6-15-9/h8-11,15,20H,2-7H2,1H3/t9-,10+,11?/m1/s1. The molecule has 0 aromatic heterocycles. The van der Waals surface area contributed by atoms with E-state index < -0.39 is 12.1 Å². The molecule has 0 radical (unpaired) electrons. The topological polar surface area (TPSA) is 97.6 Å². The fourth-order valence-corrected chi connectivity index (χ4v) is 3.06. The minimum Gasteiger partial charge on any atom is -0.392 e. The first-order valence-electron chi connectivity index (χ1n) is 7.69. The number of aliphatic hydroxyl groups excluding tert-OH is 1. The van der Waals surface area contributed by atoms with Crippen molar-refractivity contribution in [1.82, 2.24) is 15.1 Å². The van der Waals surface area contributed by atoms with Gasteiger partial charge in [0.2, 0.25) is 0 Å². The lowest BCUT2D eigenvalue weighted by atomic mass is 9.97. The van der Waals surface area contributed by atoms with Crippen LogP contribution < -0.4 is 5.32 Å². The molecule has 0 aliphatic carbocycles. The molecule has 0 saturated carbocycles. The molecule has 3 atom stereocenters. The number of aliphatic hydroxyl groups is 1. The average Bonchev–Trinajstić information content (AvgIpc) is 2.90. The molecule has 120 valence electrons. The van der Waals surface area contributed by atoms with E-state index in [2.05, 4.69) is 15.3 Å². The summed E-state index contributed by atoms with van der Waals surface area (Å²) in [6.45, 7) is 1.57. The highest BCUT2D eigenvalue weighted by Gasteiger charge is 2.40. The summed E-state index contributed by atoms with van der Waals surface area (Å²) >= 11 is 0. The summed E-state index contributed by atoms with van der Waals surface area (Å²) < 4.78 is 0. The van der Waals surface area contributed by atoms with Gasteiger partial charge in [-0.15, -0.1) is 0 Å². The number of imide groups is 1. The summed E-state index contributed by atoms with van der Waals surface area (Å²) in [5.74, 6) is 0.0865. The van der Waals surface area contributed by atoms with Gasteiger partial charge < -0.3 is 15.3 Å². The Balaban J connectivity index is 1.56. The molecular weight excluding hydrogens is 286 g/mol. The molecule has 3 heterocycles. The number of hydrogen-bond donors (Lipinski definition) is 2. The molecule has 0 aromatic rings. The second kappa shape index (κ2) is 6.13. The lowest BCUT2D eigenvalue weighted by molar-refractivity contribution is -0.127. The SMILES string of the molecule is CN1C(=O)N=C2C(N=CN2CCC[C@H]2NCCC[C@@H]2O)C1=O. The average molecular weight is 307 g/mol. The summed E-state index contributed by atoms with van der Waals surface area (Å²) in [5, 5.41) is 13.2. The van der Waals surface area contributed by atoms with Crippen LogP contribution in [0.3, 0.4) is 0 Å². The molecule has 8 heteroatoms. The number of carbonyl (C=O) groups excluding carboxylic acids is 2. The summed E-state index contributed by atoms with van der Waals surface area (Å²) in [6, 6.07) is -1.11. The van der Waals surface area contributed by atoms with Crippen molar-refractivity contribution in [2.45, 2.75) is 43.9 Å². The van der Waals surface area contributed by atoms with E-state index in [0.717, 1.165) is 37.1 Å². The third-order valence-corrected chi connectivity index (χ3v) is 4.42. The zero-order valence-electron chi connectivity index (χ0n) is 12.6. The number of amides is 3. The quantitative estimate of drug-likeness (QED) is 0.735. The molecule has 22 heavy (non-hydrogen) atoms. The predicted octanol–water partition coefficient (Wildman–Crippen LogP) is -0.417. The van der Waals surface area contributed by atoms with E-state index in [4.69, 9.17) is 0 Å². The van der Waals surface area contributed by atoms with Crippen LogP contribution in [0.2, 0.25) is 0 Å². The molecule has 8 nitrogen and oxygen atoms in total. The van der Waals surface area contributed by atoms with Gasteiger partial charge in [0.1, 0.15) is 5.84 Å². The zero-order valence-corrected chi connectivity index (χ0v) is 12.6. The highest BCUT2D eigenvalue weighted by atomic mass is 16.3. The van der Waals surface area contributed by atoms with E-state index in [-0.39, 0.29) is 18.1 Å². The van der Waals surface area contributed by atoms with E-state index in [1.165, 1.54) is 7.05 Å². The van der Waals surface area contributed by atoms with Crippen LogP contribution >= 0.6 is 0 Å². The van der Waals surface area contributed by atoms with Crippen molar-refractivity contribution in [1.29, 1.82) is 0 Å². The van der Waals surface area contributed by atoms with Crippen LogP contribution in [0.15, 0.2) is 9.98 Å². The Morgan fingerprint density at radius 3 is 3.05 bits per heavy atom. The Morgan fingerprint density at radius 2 is 2.27 bits per heavy atom. The lowest BCUT2D eigenvalue weighted by Gasteiger charge is -2.30. The van der Waals surface area contributed by atoms with Gasteiger partial charge in [-0.05, 0) is 32.2 Å². The van der Waals surface area contributed by atoms with Crippen molar-refractivity contribution in [2.75, 3.05) is 20.1 Å². The molecule has 3 aliphatic rings. The molecule has 0 spiro atoms. The van der Waals surface area contributed by atoms with Crippen LogP contribution in [0.4, 0.5) is 4.79 Å². The third-order valence-electron chi connectivity index (χ3n) is 4.42. The third kappa shape index (κ3) is 2.76. The minimum atomic E-state index is -0.680. The van der Waals surface area contributed by atoms with Crippen LogP contribution in [0.5, 0.6) is 0 Å². The molecule has 3 aliphatic heterocycles. The van der Waals surface area contributed by atoms with Crippen LogP contribution in [0.25, 0.3) is 0 Å². The summed E-state index contributed by atoms with van der Waals surface area (Å²) in [5.41, 5.74) is 0. The summed E-state index contributed by atoms with van der Waals surface area (Å²) in [6.07, 6.45) is 4.80. The molecule has 3 amide bonds. The van der Waals surface area contributed by atoms with E-state index in [0.29, 0.717) is 12.4 Å². The first-order chi connectivity index (χ1) is 10.6. The zero-order chi connectivity index (χ0) is 15.7. The predicted molar refractivity (Wildman–Crippen MR) is 80.9 cm³/mol. The highest BCUT2D eigenvalue weighted by molar-refractivity contribution is 6.22. The van der Waals surface area contributed by atoms with Gasteiger partial charge >= 0.3 is 6.03 Å². The first kappa shape index (κ1) is 15.1. The number of piperidine rings is 1. The highest BCUT2D eigenvalue weighted by Crippen LogP contribution is 2.18. The largest absolute Gasteiger partial charge is 0.392 e. The van der Waals surface area contributed by atoms with Crippen LogP contribution in [-0.2, 0) is 4.79 Å². The Kier molecular flexibility index (Phi) is 4.21. The van der Waals surface area contributed by atoms with E-state index in [1.807, 2.05) is 0 Å². The smallest absolute Gasteiger partial charge is 0.351 e. The van der Waals surface area contributed by atoms with Gasteiger partial charge in [-0.3, -0.25) is 14.7 Å². The van der Waals surface area contributed by atoms with Gasteiger partial charge in [0.15, 0.2) is 6.04 Å². The van der Waals surface area contributed by atoms with Gasteiger partial charge in [0, 0.05) is 19.6 Å².